The van der Waals surface area contributed by atoms with E-state index in [4.69, 9.17) is 0 Å². The Bertz CT molecular complexity index is 1160. The number of hydrogen-bond donors (Lipinski definition) is 3. The molecule has 0 atom stereocenters. The molecule has 2 aromatic carbocycles. The normalized spacial score (nSPS) is 14.3. The quantitative estimate of drug-likeness (QED) is 0.511. The van der Waals surface area contributed by atoms with Gasteiger partial charge in [0.15, 0.2) is 0 Å². The van der Waals surface area contributed by atoms with Crippen LogP contribution < -0.4 is 16.0 Å². The van der Waals surface area contributed by atoms with Crippen LogP contribution in [0, 0.1) is 6.92 Å². The monoisotopic (exact) mass is 425 g/mol. The molecule has 3 N–H and O–H groups in total. The molecule has 158 valence electrons. The third-order valence-electron chi connectivity index (χ3n) is 4.71. The van der Waals surface area contributed by atoms with E-state index in [9.17, 15) is 18.0 Å². The summed E-state index contributed by atoms with van der Waals surface area (Å²) in [4.78, 5) is 20.4. The van der Waals surface area contributed by atoms with Crippen LogP contribution in [0.5, 0.6) is 0 Å². The minimum atomic E-state index is -4.57. The van der Waals surface area contributed by atoms with Gasteiger partial charge in [-0.1, -0.05) is 18.2 Å². The van der Waals surface area contributed by atoms with Crippen LogP contribution >= 0.6 is 0 Å². The number of anilines is 3. The van der Waals surface area contributed by atoms with E-state index in [1.165, 1.54) is 24.5 Å². The highest BCUT2D eigenvalue weighted by atomic mass is 19.4. The average Bonchev–Trinajstić information content (AvgIpc) is 3.06. The number of halogens is 3. The summed E-state index contributed by atoms with van der Waals surface area (Å²) in [5, 5.41) is 8.29. The van der Waals surface area contributed by atoms with E-state index in [0.717, 1.165) is 11.8 Å². The summed E-state index contributed by atoms with van der Waals surface area (Å²) in [6, 6.07) is 10.9. The molecule has 1 aromatic heterocycles. The van der Waals surface area contributed by atoms with Crippen LogP contribution in [-0.4, -0.2) is 15.9 Å². The summed E-state index contributed by atoms with van der Waals surface area (Å²) in [5.74, 6) is -0.317. The molecule has 0 aliphatic carbocycles. The first-order chi connectivity index (χ1) is 14.8. The average molecular weight is 425 g/mol. The van der Waals surface area contributed by atoms with Crippen molar-refractivity contribution < 1.29 is 18.0 Å². The van der Waals surface area contributed by atoms with Gasteiger partial charge in [-0.3, -0.25) is 14.8 Å². The number of rotatable bonds is 5. The first kappa shape index (κ1) is 20.4. The van der Waals surface area contributed by atoms with Gasteiger partial charge in [0.1, 0.15) is 0 Å². The maximum atomic E-state index is 13.6. The fourth-order valence-electron chi connectivity index (χ4n) is 3.16. The van der Waals surface area contributed by atoms with E-state index in [1.54, 1.807) is 37.4 Å². The number of fused-ring (bicyclic) bond motifs is 1. The van der Waals surface area contributed by atoms with Crippen LogP contribution in [0.25, 0.3) is 5.57 Å². The standard InChI is InChI=1S/C22H18F3N5O/c1-13-9-27-15(10-26-13)11-29-20-7-6-14(8-18(20)22(23,24)25)28-12-17-16-4-2-3-5-19(16)30-21(17)31/h2-10,12,28-29H,11H2,1H3,(H,30,31)/b17-12+. The summed E-state index contributed by atoms with van der Waals surface area (Å²) in [5.41, 5.74) is 2.26. The lowest BCUT2D eigenvalue weighted by Gasteiger charge is -2.16. The van der Waals surface area contributed by atoms with Crippen LogP contribution in [0.3, 0.4) is 0 Å². The van der Waals surface area contributed by atoms with Gasteiger partial charge in [-0.05, 0) is 31.2 Å². The summed E-state index contributed by atoms with van der Waals surface area (Å²) in [7, 11) is 0. The molecule has 0 fully saturated rings. The molecule has 1 aliphatic heterocycles. The molecule has 4 rings (SSSR count). The van der Waals surface area contributed by atoms with Crippen LogP contribution in [0.4, 0.5) is 30.2 Å². The van der Waals surface area contributed by atoms with Crippen LogP contribution in [0.2, 0.25) is 0 Å². The fourth-order valence-corrected chi connectivity index (χ4v) is 3.16. The highest BCUT2D eigenvalue weighted by Gasteiger charge is 2.34. The lowest BCUT2D eigenvalue weighted by Crippen LogP contribution is -2.12. The first-order valence-electron chi connectivity index (χ1n) is 9.41. The Morgan fingerprint density at radius 2 is 1.90 bits per heavy atom. The molecule has 1 amide bonds. The second-order valence-corrected chi connectivity index (χ2v) is 6.96. The number of benzene rings is 2. The Morgan fingerprint density at radius 3 is 2.65 bits per heavy atom. The fraction of sp³-hybridized carbons (Fsp3) is 0.136. The number of amides is 1. The van der Waals surface area contributed by atoms with E-state index < -0.39 is 11.7 Å². The Kier molecular flexibility index (Phi) is 5.33. The summed E-state index contributed by atoms with van der Waals surface area (Å²) in [6.07, 6.45) is -0.0865. The van der Waals surface area contributed by atoms with Crippen LogP contribution in [0.1, 0.15) is 22.5 Å². The maximum absolute atomic E-state index is 13.6. The zero-order valence-corrected chi connectivity index (χ0v) is 16.4. The molecule has 9 heteroatoms. The van der Waals surface area contributed by atoms with E-state index in [0.29, 0.717) is 22.5 Å². The van der Waals surface area contributed by atoms with E-state index >= 15 is 0 Å². The van der Waals surface area contributed by atoms with Crippen molar-refractivity contribution in [1.29, 1.82) is 0 Å². The lowest BCUT2D eigenvalue weighted by atomic mass is 10.1. The molecule has 0 bridgehead atoms. The predicted molar refractivity (Wildman–Crippen MR) is 112 cm³/mol. The Morgan fingerprint density at radius 1 is 1.10 bits per heavy atom. The molecule has 1 aliphatic rings. The first-order valence-corrected chi connectivity index (χ1v) is 9.41. The Hall–Kier alpha value is -3.88. The number of aromatic nitrogens is 2. The molecule has 0 radical (unpaired) electrons. The maximum Gasteiger partial charge on any atom is 0.418 e. The van der Waals surface area contributed by atoms with Gasteiger partial charge in [-0.15, -0.1) is 0 Å². The lowest BCUT2D eigenvalue weighted by molar-refractivity contribution is -0.136. The number of carbonyl (C=O) groups is 1. The van der Waals surface area contributed by atoms with Crippen molar-refractivity contribution >= 4 is 28.5 Å². The molecule has 3 aromatic rings. The SMILES string of the molecule is Cc1cnc(CNc2ccc(N/C=C3/C(=O)Nc4ccccc43)cc2C(F)(F)F)cn1. The third-order valence-corrected chi connectivity index (χ3v) is 4.71. The van der Waals surface area contributed by atoms with Crippen molar-refractivity contribution in [1.82, 2.24) is 9.97 Å². The molecule has 0 spiro atoms. The molecular weight excluding hydrogens is 407 g/mol. The van der Waals surface area contributed by atoms with E-state index in [1.807, 2.05) is 0 Å². The van der Waals surface area contributed by atoms with Crippen molar-refractivity contribution in [2.75, 3.05) is 16.0 Å². The predicted octanol–water partition coefficient (Wildman–Crippen LogP) is 4.82. The number of para-hydroxylation sites is 1. The second kappa shape index (κ2) is 8.10. The number of hydrogen-bond acceptors (Lipinski definition) is 5. The topological polar surface area (TPSA) is 78.9 Å². The van der Waals surface area contributed by atoms with Crippen molar-refractivity contribution in [3.63, 3.8) is 0 Å². The van der Waals surface area contributed by atoms with Gasteiger partial charge in [-0.2, -0.15) is 13.2 Å². The third kappa shape index (κ3) is 4.50. The largest absolute Gasteiger partial charge is 0.418 e. The summed E-state index contributed by atoms with van der Waals surface area (Å²) in [6.45, 7) is 1.88. The van der Waals surface area contributed by atoms with Gasteiger partial charge in [0.05, 0.1) is 35.3 Å². The van der Waals surface area contributed by atoms with Gasteiger partial charge < -0.3 is 16.0 Å². The number of carbonyl (C=O) groups excluding carboxylic acids is 1. The van der Waals surface area contributed by atoms with Crippen LogP contribution in [-0.2, 0) is 17.5 Å². The van der Waals surface area contributed by atoms with Gasteiger partial charge >= 0.3 is 6.18 Å². The number of aryl methyl sites for hydroxylation is 1. The van der Waals surface area contributed by atoms with Crippen molar-refractivity contribution in [2.45, 2.75) is 19.6 Å². The minimum Gasteiger partial charge on any atom is -0.379 e. The molecule has 0 unspecified atom stereocenters. The molecule has 0 saturated carbocycles. The van der Waals surface area contributed by atoms with Gasteiger partial charge in [-0.25, -0.2) is 0 Å². The molecule has 31 heavy (non-hydrogen) atoms. The molecule has 6 nitrogen and oxygen atoms in total. The minimum absolute atomic E-state index is 0.0722. The zero-order valence-electron chi connectivity index (χ0n) is 16.4. The second-order valence-electron chi connectivity index (χ2n) is 6.96. The highest BCUT2D eigenvalue weighted by Crippen LogP contribution is 2.37. The van der Waals surface area contributed by atoms with E-state index in [2.05, 4.69) is 25.9 Å². The Labute approximate surface area is 176 Å². The smallest absolute Gasteiger partial charge is 0.379 e. The van der Waals surface area contributed by atoms with Gasteiger partial charge in [0.2, 0.25) is 0 Å². The molecule has 0 saturated heterocycles. The van der Waals surface area contributed by atoms with E-state index in [-0.39, 0.29) is 23.8 Å². The van der Waals surface area contributed by atoms with Gasteiger partial charge in [0.25, 0.3) is 5.91 Å². The van der Waals surface area contributed by atoms with Gasteiger partial charge in [0, 0.05) is 35.0 Å². The number of nitrogens with one attached hydrogen (secondary N) is 3. The van der Waals surface area contributed by atoms with Crippen molar-refractivity contribution in [3.05, 3.63) is 83.6 Å². The highest BCUT2D eigenvalue weighted by molar-refractivity contribution is 6.31. The Balaban J connectivity index is 1.56. The van der Waals surface area contributed by atoms with Crippen molar-refractivity contribution in [2.24, 2.45) is 0 Å². The molecule has 2 heterocycles. The number of nitrogens with zero attached hydrogens (tertiary/aromatic N) is 2. The molecular formula is C22H18F3N5O. The van der Waals surface area contributed by atoms with Crippen molar-refractivity contribution in [3.8, 4) is 0 Å². The summed E-state index contributed by atoms with van der Waals surface area (Å²) < 4.78 is 40.9. The zero-order chi connectivity index (χ0) is 22.0. The van der Waals surface area contributed by atoms with Crippen LogP contribution in [0.15, 0.2) is 61.1 Å². The summed E-state index contributed by atoms with van der Waals surface area (Å²) >= 11 is 0. The number of alkyl halides is 3.